The molecule has 0 aliphatic carbocycles. The van der Waals surface area contributed by atoms with Crippen LogP contribution in [0.3, 0.4) is 0 Å². The van der Waals surface area contributed by atoms with Crippen molar-refractivity contribution in [3.8, 4) is 5.75 Å². The fraction of sp³-hybridized carbons (Fsp3) is 0.333. The molecule has 1 N–H and O–H groups in total. The average molecular weight is 292 g/mol. The minimum absolute atomic E-state index is 0.224. The number of carbonyl (C=O) groups excluding carboxylic acids is 1. The van der Waals surface area contributed by atoms with Crippen molar-refractivity contribution >= 4 is 23.2 Å². The smallest absolute Gasteiger partial charge is 0.257 e. The van der Waals surface area contributed by atoms with Gasteiger partial charge in [-0.15, -0.1) is 0 Å². The highest BCUT2D eigenvalue weighted by Gasteiger charge is 2.12. The minimum atomic E-state index is -0.224. The maximum Gasteiger partial charge on any atom is 0.257 e. The van der Waals surface area contributed by atoms with E-state index in [1.165, 1.54) is 0 Å². The van der Waals surface area contributed by atoms with E-state index in [9.17, 15) is 4.79 Å². The van der Waals surface area contributed by atoms with E-state index in [0.717, 1.165) is 5.57 Å². The van der Waals surface area contributed by atoms with Gasteiger partial charge < -0.3 is 9.64 Å². The number of hydrogen-bond donors (Lipinski definition) is 1. The number of nitrogens with one attached hydrogen (secondary N) is 1. The number of amides is 1. The molecule has 0 saturated carbocycles. The van der Waals surface area contributed by atoms with Crippen LogP contribution in [-0.4, -0.2) is 36.1 Å². The van der Waals surface area contributed by atoms with Crippen molar-refractivity contribution in [2.75, 3.05) is 20.2 Å². The molecule has 0 atom stereocenters. The maximum absolute atomic E-state index is 12.1. The van der Waals surface area contributed by atoms with E-state index in [0.29, 0.717) is 29.5 Å². The lowest BCUT2D eigenvalue weighted by Gasteiger charge is -2.23. The molecule has 20 heavy (non-hydrogen) atoms. The summed E-state index contributed by atoms with van der Waals surface area (Å²) in [5, 5.41) is 3.14. The Bertz CT molecular complexity index is 497. The highest BCUT2D eigenvalue weighted by Crippen LogP contribution is 2.11. The number of rotatable bonds is 5. The average Bonchev–Trinajstić information content (AvgIpc) is 2.44. The van der Waals surface area contributed by atoms with Crippen LogP contribution in [-0.2, 0) is 0 Å². The highest BCUT2D eigenvalue weighted by atomic mass is 32.1. The number of likely N-dealkylation sites (N-methyl/N-ethyl adjacent to an activating group) is 1. The zero-order valence-corrected chi connectivity index (χ0v) is 12.9. The summed E-state index contributed by atoms with van der Waals surface area (Å²) in [6.07, 6.45) is 0. The van der Waals surface area contributed by atoms with E-state index in [2.05, 4.69) is 11.9 Å². The third-order valence-electron chi connectivity index (χ3n) is 2.70. The molecule has 0 bridgehead atoms. The summed E-state index contributed by atoms with van der Waals surface area (Å²) in [5.41, 5.74) is 1.53. The van der Waals surface area contributed by atoms with Crippen LogP contribution >= 0.6 is 12.2 Å². The number of nitrogens with zero attached hydrogens (tertiary/aromatic N) is 1. The molecule has 0 heterocycles. The molecule has 1 aromatic rings. The molecule has 5 heteroatoms. The second-order valence-corrected chi connectivity index (χ2v) is 4.85. The van der Waals surface area contributed by atoms with Crippen molar-refractivity contribution in [2.24, 2.45) is 0 Å². The molecule has 4 nitrogen and oxygen atoms in total. The van der Waals surface area contributed by atoms with Crippen molar-refractivity contribution in [1.82, 2.24) is 10.2 Å². The van der Waals surface area contributed by atoms with E-state index in [4.69, 9.17) is 17.0 Å². The number of hydrogen-bond acceptors (Lipinski definition) is 3. The van der Waals surface area contributed by atoms with Crippen LogP contribution in [0.5, 0.6) is 5.75 Å². The Morgan fingerprint density at radius 1 is 1.40 bits per heavy atom. The first-order chi connectivity index (χ1) is 9.47. The molecule has 1 amide bonds. The van der Waals surface area contributed by atoms with Crippen molar-refractivity contribution in [3.63, 3.8) is 0 Å². The lowest BCUT2D eigenvalue weighted by Crippen LogP contribution is -2.43. The number of thiocarbonyl (C=S) groups is 1. The van der Waals surface area contributed by atoms with Crippen molar-refractivity contribution in [3.05, 3.63) is 42.0 Å². The van der Waals surface area contributed by atoms with E-state index in [1.54, 1.807) is 31.4 Å². The zero-order chi connectivity index (χ0) is 15.1. The molecule has 0 fully saturated rings. The Balaban J connectivity index is 2.68. The van der Waals surface area contributed by atoms with Crippen molar-refractivity contribution in [1.29, 1.82) is 0 Å². The monoisotopic (exact) mass is 292 g/mol. The molecule has 0 aromatic heterocycles. The first-order valence-corrected chi connectivity index (χ1v) is 6.77. The Morgan fingerprint density at radius 3 is 2.45 bits per heavy atom. The summed E-state index contributed by atoms with van der Waals surface area (Å²) in [6.45, 7) is 9.12. The fourth-order valence-corrected chi connectivity index (χ4v) is 1.93. The summed E-state index contributed by atoms with van der Waals surface area (Å²) in [5.74, 6) is 0.486. The van der Waals surface area contributed by atoms with Crippen LogP contribution in [0.2, 0.25) is 0 Å². The predicted octanol–water partition coefficient (Wildman–Crippen LogP) is 2.61. The third kappa shape index (κ3) is 4.66. The molecule has 0 spiro atoms. The Morgan fingerprint density at radius 2 is 2.00 bits per heavy atom. The van der Waals surface area contributed by atoms with Gasteiger partial charge in [-0.3, -0.25) is 10.1 Å². The van der Waals surface area contributed by atoms with Gasteiger partial charge in [0.05, 0.1) is 7.11 Å². The second kappa shape index (κ2) is 7.65. The molecule has 0 radical (unpaired) electrons. The standard InChI is InChI=1S/C15H20N2O2S/c1-5-17(10-11(2)3)15(20)16-14(18)12-6-8-13(19-4)9-7-12/h6-9H,2,5,10H2,1,3-4H3,(H,16,18,20). The SMILES string of the molecule is C=C(C)CN(CC)C(=S)NC(=O)c1ccc(OC)cc1. The summed E-state index contributed by atoms with van der Waals surface area (Å²) in [6, 6.07) is 6.88. The lowest BCUT2D eigenvalue weighted by atomic mass is 10.2. The zero-order valence-electron chi connectivity index (χ0n) is 12.1. The summed E-state index contributed by atoms with van der Waals surface area (Å²) in [4.78, 5) is 14.0. The normalized spacial score (nSPS) is 9.75. The molecule has 1 aromatic carbocycles. The Labute approximate surface area is 125 Å². The van der Waals surface area contributed by atoms with Crippen molar-refractivity contribution < 1.29 is 9.53 Å². The molecular formula is C15H20N2O2S. The molecule has 0 aliphatic heterocycles. The number of carbonyl (C=O) groups is 1. The second-order valence-electron chi connectivity index (χ2n) is 4.46. The largest absolute Gasteiger partial charge is 0.497 e. The fourth-order valence-electron chi connectivity index (χ4n) is 1.64. The molecule has 0 aliphatic rings. The minimum Gasteiger partial charge on any atom is -0.497 e. The van der Waals surface area contributed by atoms with Gasteiger partial charge in [0.2, 0.25) is 0 Å². The van der Waals surface area contributed by atoms with Gasteiger partial charge in [0.1, 0.15) is 5.75 Å². The summed E-state index contributed by atoms with van der Waals surface area (Å²) < 4.78 is 5.05. The quantitative estimate of drug-likeness (QED) is 0.669. The van der Waals surface area contributed by atoms with E-state index < -0.39 is 0 Å². The number of benzene rings is 1. The van der Waals surface area contributed by atoms with Gasteiger partial charge in [-0.1, -0.05) is 12.2 Å². The first kappa shape index (κ1) is 16.2. The third-order valence-corrected chi connectivity index (χ3v) is 3.06. The first-order valence-electron chi connectivity index (χ1n) is 6.36. The summed E-state index contributed by atoms with van der Waals surface area (Å²) >= 11 is 5.25. The molecule has 108 valence electrons. The van der Waals surface area contributed by atoms with Crippen LogP contribution in [0.4, 0.5) is 0 Å². The number of methoxy groups -OCH3 is 1. The Kier molecular flexibility index (Phi) is 6.18. The van der Waals surface area contributed by atoms with Crippen molar-refractivity contribution in [2.45, 2.75) is 13.8 Å². The van der Waals surface area contributed by atoms with Crippen LogP contribution in [0.1, 0.15) is 24.2 Å². The van der Waals surface area contributed by atoms with Crippen LogP contribution in [0.15, 0.2) is 36.4 Å². The topological polar surface area (TPSA) is 41.6 Å². The van der Waals surface area contributed by atoms with Crippen LogP contribution in [0.25, 0.3) is 0 Å². The van der Waals surface area contributed by atoms with Gasteiger partial charge in [-0.25, -0.2) is 0 Å². The van der Waals surface area contributed by atoms with E-state index in [1.807, 2.05) is 18.7 Å². The van der Waals surface area contributed by atoms with E-state index >= 15 is 0 Å². The summed E-state index contributed by atoms with van der Waals surface area (Å²) in [7, 11) is 1.58. The molecule has 0 saturated heterocycles. The van der Waals surface area contributed by atoms with Gasteiger partial charge in [0.25, 0.3) is 5.91 Å². The van der Waals surface area contributed by atoms with Crippen LogP contribution in [0, 0.1) is 0 Å². The molecular weight excluding hydrogens is 272 g/mol. The Hall–Kier alpha value is -1.88. The lowest BCUT2D eigenvalue weighted by molar-refractivity contribution is 0.0973. The van der Waals surface area contributed by atoms with Gasteiger partial charge in [-0.05, 0) is 50.3 Å². The predicted molar refractivity (Wildman–Crippen MR) is 85.1 cm³/mol. The van der Waals surface area contributed by atoms with Gasteiger partial charge in [0, 0.05) is 18.7 Å². The number of ether oxygens (including phenoxy) is 1. The molecule has 1 rings (SSSR count). The van der Waals surface area contributed by atoms with Crippen LogP contribution < -0.4 is 10.1 Å². The van der Waals surface area contributed by atoms with Gasteiger partial charge in [-0.2, -0.15) is 0 Å². The highest BCUT2D eigenvalue weighted by molar-refractivity contribution is 7.80. The van der Waals surface area contributed by atoms with Gasteiger partial charge in [0.15, 0.2) is 5.11 Å². The van der Waals surface area contributed by atoms with Gasteiger partial charge >= 0.3 is 0 Å². The molecule has 0 unspecified atom stereocenters. The maximum atomic E-state index is 12.1. The van der Waals surface area contributed by atoms with E-state index in [-0.39, 0.29) is 5.91 Å².